The summed E-state index contributed by atoms with van der Waals surface area (Å²) in [6.07, 6.45) is 3.63. The maximum Gasteiger partial charge on any atom is 0.170 e. The highest BCUT2D eigenvalue weighted by Crippen LogP contribution is 2.35. The molecule has 26 heavy (non-hydrogen) atoms. The first-order valence-electron chi connectivity index (χ1n) is 8.76. The fourth-order valence-corrected chi connectivity index (χ4v) is 3.39. The van der Waals surface area contributed by atoms with Gasteiger partial charge < -0.3 is 9.84 Å². The normalized spacial score (nSPS) is 22.8. The highest BCUT2D eigenvalue weighted by molar-refractivity contribution is 5.97. The number of aliphatic hydroxyl groups is 1. The fraction of sp³-hybridized carbons (Fsp3) is 0.368. The molecule has 7 heteroatoms. The van der Waals surface area contributed by atoms with Crippen LogP contribution in [0, 0.1) is 0 Å². The van der Waals surface area contributed by atoms with Gasteiger partial charge in [0.1, 0.15) is 12.2 Å². The second-order valence-electron chi connectivity index (χ2n) is 6.47. The summed E-state index contributed by atoms with van der Waals surface area (Å²) in [7, 11) is 0. The minimum atomic E-state index is -0.485. The van der Waals surface area contributed by atoms with E-state index in [4.69, 9.17) is 4.74 Å². The van der Waals surface area contributed by atoms with E-state index in [2.05, 4.69) is 15.1 Å². The summed E-state index contributed by atoms with van der Waals surface area (Å²) in [4.78, 5) is 21.0. The minimum absolute atomic E-state index is 0.0266. The van der Waals surface area contributed by atoms with Crippen LogP contribution in [0.2, 0.25) is 0 Å². The van der Waals surface area contributed by atoms with Gasteiger partial charge in [0.2, 0.25) is 0 Å². The van der Waals surface area contributed by atoms with E-state index in [1.165, 1.54) is 6.33 Å². The van der Waals surface area contributed by atoms with Gasteiger partial charge >= 0.3 is 0 Å². The lowest BCUT2D eigenvalue weighted by molar-refractivity contribution is 0.00815. The van der Waals surface area contributed by atoms with Crippen molar-refractivity contribution in [3.05, 3.63) is 59.8 Å². The summed E-state index contributed by atoms with van der Waals surface area (Å²) in [6, 6.07) is 9.12. The number of aliphatic hydroxyl groups excluding tert-OH is 1. The highest BCUT2D eigenvalue weighted by atomic mass is 16.5. The van der Waals surface area contributed by atoms with Gasteiger partial charge in [-0.05, 0) is 6.42 Å². The van der Waals surface area contributed by atoms with Crippen LogP contribution >= 0.6 is 0 Å². The van der Waals surface area contributed by atoms with E-state index in [0.717, 1.165) is 12.0 Å². The zero-order valence-corrected chi connectivity index (χ0v) is 14.4. The average Bonchev–Trinajstić information content (AvgIpc) is 3.26. The summed E-state index contributed by atoms with van der Waals surface area (Å²) in [5.74, 6) is 0.502. The lowest BCUT2D eigenvalue weighted by Gasteiger charge is -2.11. The lowest BCUT2D eigenvalue weighted by Crippen LogP contribution is -2.18. The number of hydrogen-bond donors (Lipinski definition) is 1. The molecule has 3 heterocycles. The fourth-order valence-electron chi connectivity index (χ4n) is 3.39. The second kappa shape index (κ2) is 6.93. The number of hydrogen-bond acceptors (Lipinski definition) is 6. The number of aromatic nitrogens is 4. The van der Waals surface area contributed by atoms with Crippen LogP contribution in [0.15, 0.2) is 42.9 Å². The molecule has 7 nitrogen and oxygen atoms in total. The van der Waals surface area contributed by atoms with Crippen LogP contribution < -0.4 is 0 Å². The molecule has 3 atom stereocenters. The highest BCUT2D eigenvalue weighted by Gasteiger charge is 2.35. The Labute approximate surface area is 150 Å². The third kappa shape index (κ3) is 3.00. The van der Waals surface area contributed by atoms with Crippen LogP contribution in [0.3, 0.4) is 0 Å². The van der Waals surface area contributed by atoms with Gasteiger partial charge in [0.25, 0.3) is 0 Å². The van der Waals surface area contributed by atoms with Crippen molar-refractivity contribution in [1.29, 1.82) is 0 Å². The summed E-state index contributed by atoms with van der Waals surface area (Å²) >= 11 is 0. The van der Waals surface area contributed by atoms with Gasteiger partial charge in [-0.1, -0.05) is 37.3 Å². The molecule has 1 aliphatic heterocycles. The molecule has 0 unspecified atom stereocenters. The van der Waals surface area contributed by atoms with Crippen molar-refractivity contribution in [3.63, 3.8) is 0 Å². The third-order valence-electron chi connectivity index (χ3n) is 4.79. The van der Waals surface area contributed by atoms with Crippen molar-refractivity contribution in [3.8, 4) is 0 Å². The number of fused-ring (bicyclic) bond motifs is 1. The van der Waals surface area contributed by atoms with E-state index in [-0.39, 0.29) is 24.4 Å². The first kappa shape index (κ1) is 16.8. The van der Waals surface area contributed by atoms with Crippen molar-refractivity contribution < 1.29 is 14.6 Å². The number of rotatable bonds is 5. The first-order chi connectivity index (χ1) is 12.7. The van der Waals surface area contributed by atoms with E-state index in [1.807, 2.05) is 25.1 Å². The van der Waals surface area contributed by atoms with Crippen LogP contribution in [-0.2, 0) is 11.2 Å². The Morgan fingerprint density at radius 3 is 2.85 bits per heavy atom. The van der Waals surface area contributed by atoms with Gasteiger partial charge in [-0.2, -0.15) is 5.10 Å². The van der Waals surface area contributed by atoms with Gasteiger partial charge in [-0.15, -0.1) is 0 Å². The topological polar surface area (TPSA) is 89.6 Å². The molecule has 0 bridgehead atoms. The predicted molar refractivity (Wildman–Crippen MR) is 93.8 cm³/mol. The number of benzene rings is 1. The van der Waals surface area contributed by atoms with Gasteiger partial charge in [0.15, 0.2) is 11.4 Å². The predicted octanol–water partition coefficient (Wildman–Crippen LogP) is 2.15. The average molecular weight is 352 g/mol. The Morgan fingerprint density at radius 1 is 1.31 bits per heavy atom. The van der Waals surface area contributed by atoms with Gasteiger partial charge in [-0.25, -0.2) is 14.5 Å². The van der Waals surface area contributed by atoms with Gasteiger partial charge in [0.05, 0.1) is 30.9 Å². The lowest BCUT2D eigenvalue weighted by atomic mass is 10.1. The van der Waals surface area contributed by atoms with Crippen LogP contribution in [0.25, 0.3) is 5.65 Å². The molecule has 1 saturated heterocycles. The number of ketones is 1. The summed E-state index contributed by atoms with van der Waals surface area (Å²) in [5.41, 5.74) is 2.07. The van der Waals surface area contributed by atoms with E-state index in [1.54, 1.807) is 22.8 Å². The number of carbonyl (C=O) groups excluding carboxylic acids is 1. The molecular formula is C19H20N4O3. The largest absolute Gasteiger partial charge is 0.390 e. The van der Waals surface area contributed by atoms with Crippen LogP contribution in [-0.4, -0.2) is 42.7 Å². The molecule has 0 aliphatic carbocycles. The molecule has 0 spiro atoms. The SMILES string of the molecule is CC[C@H]1O[C@@H](c2cnn3c(CC(=O)c4ccccc4)ncnc23)C[C@@H]1O. The van der Waals surface area contributed by atoms with Crippen LogP contribution in [0.5, 0.6) is 0 Å². The van der Waals surface area contributed by atoms with Gasteiger partial charge in [-0.3, -0.25) is 4.79 Å². The van der Waals surface area contributed by atoms with Gasteiger partial charge in [0, 0.05) is 17.5 Å². The summed E-state index contributed by atoms with van der Waals surface area (Å²) < 4.78 is 7.52. The van der Waals surface area contributed by atoms with Crippen molar-refractivity contribution >= 4 is 11.4 Å². The van der Waals surface area contributed by atoms with E-state index in [9.17, 15) is 9.90 Å². The molecule has 4 rings (SSSR count). The van der Waals surface area contributed by atoms with Crippen molar-refractivity contribution in [2.75, 3.05) is 0 Å². The maximum atomic E-state index is 12.5. The Hall–Kier alpha value is -2.64. The Bertz CT molecular complexity index is 925. The molecule has 134 valence electrons. The first-order valence-corrected chi connectivity index (χ1v) is 8.76. The van der Waals surface area contributed by atoms with Crippen LogP contribution in [0.4, 0.5) is 0 Å². The number of Topliss-reactive ketones (excluding diaryl/α,β-unsaturated/α-hetero) is 1. The van der Waals surface area contributed by atoms with E-state index < -0.39 is 6.10 Å². The number of nitrogens with zero attached hydrogens (tertiary/aromatic N) is 4. The maximum absolute atomic E-state index is 12.5. The minimum Gasteiger partial charge on any atom is -0.390 e. The van der Waals surface area contributed by atoms with E-state index in [0.29, 0.717) is 23.5 Å². The third-order valence-corrected chi connectivity index (χ3v) is 4.79. The quantitative estimate of drug-likeness (QED) is 0.708. The molecule has 1 aliphatic rings. The molecular weight excluding hydrogens is 332 g/mol. The molecule has 1 fully saturated rings. The molecule has 0 saturated carbocycles. The summed E-state index contributed by atoms with van der Waals surface area (Å²) in [5, 5.41) is 14.5. The van der Waals surface area contributed by atoms with E-state index >= 15 is 0 Å². The van der Waals surface area contributed by atoms with Crippen LogP contribution in [0.1, 0.15) is 47.6 Å². The molecule has 1 N–H and O–H groups in total. The summed E-state index contributed by atoms with van der Waals surface area (Å²) in [6.45, 7) is 1.99. The molecule has 2 aromatic heterocycles. The standard InChI is InChI=1S/C19H20N4O3/c1-2-16-15(25)8-17(26-16)13-10-22-23-18(20-11-21-19(13)23)9-14(24)12-6-4-3-5-7-12/h3-7,10-11,15-17,25H,2,8-9H2,1H3/t15-,16+,17+/m0/s1. The monoisotopic (exact) mass is 352 g/mol. The Morgan fingerprint density at radius 2 is 2.12 bits per heavy atom. The zero-order valence-electron chi connectivity index (χ0n) is 14.4. The van der Waals surface area contributed by atoms with Crippen molar-refractivity contribution in [1.82, 2.24) is 19.6 Å². The second-order valence-corrected chi connectivity index (χ2v) is 6.47. The van der Waals surface area contributed by atoms with Crippen molar-refractivity contribution in [2.45, 2.75) is 44.5 Å². The number of carbonyl (C=O) groups is 1. The van der Waals surface area contributed by atoms with Crippen molar-refractivity contribution in [2.24, 2.45) is 0 Å². The molecule has 1 aromatic carbocycles. The molecule has 3 aromatic rings. The zero-order chi connectivity index (χ0) is 18.1. The Kier molecular flexibility index (Phi) is 4.48. The molecule has 0 radical (unpaired) electrons. The molecule has 0 amide bonds. The number of ether oxygens (including phenoxy) is 1. The smallest absolute Gasteiger partial charge is 0.170 e. The Balaban J connectivity index is 1.63.